The summed E-state index contributed by atoms with van der Waals surface area (Å²) in [6, 6.07) is 4.11. The number of nitrogens with zero attached hydrogens (tertiary/aromatic N) is 2. The molecule has 0 aliphatic rings. The van der Waals surface area contributed by atoms with E-state index in [-0.39, 0.29) is 0 Å². The molecule has 0 fully saturated rings. The molecule has 3 nitrogen and oxygen atoms in total. The molecule has 108 valence electrons. The van der Waals surface area contributed by atoms with Gasteiger partial charge in [-0.2, -0.15) is 0 Å². The van der Waals surface area contributed by atoms with Gasteiger partial charge in [0.25, 0.3) is 0 Å². The number of ether oxygens (including phenoxy) is 1. The van der Waals surface area contributed by atoms with Gasteiger partial charge in [0, 0.05) is 25.9 Å². The van der Waals surface area contributed by atoms with Crippen molar-refractivity contribution in [3.63, 3.8) is 0 Å². The average Bonchev–Trinajstić information content (AvgIpc) is 2.44. The van der Waals surface area contributed by atoms with Crippen molar-refractivity contribution >= 4 is 6.08 Å². The van der Waals surface area contributed by atoms with E-state index in [0.717, 1.165) is 32.0 Å². The minimum atomic E-state index is 0.789. The molecule has 0 aliphatic carbocycles. The summed E-state index contributed by atoms with van der Waals surface area (Å²) in [6.45, 7) is 11.5. The Labute approximate surface area is 118 Å². The van der Waals surface area contributed by atoms with Crippen LogP contribution in [0.4, 0.5) is 0 Å². The molecular formula is C16H28N2O. The van der Waals surface area contributed by atoms with Crippen molar-refractivity contribution in [3.05, 3.63) is 35.7 Å². The van der Waals surface area contributed by atoms with Gasteiger partial charge >= 0.3 is 0 Å². The maximum atomic E-state index is 5.30. The topological polar surface area (TPSA) is 25.4 Å². The second kappa shape index (κ2) is 11.9. The molecule has 0 amide bonds. The van der Waals surface area contributed by atoms with E-state index < -0.39 is 0 Å². The van der Waals surface area contributed by atoms with Gasteiger partial charge in [0.05, 0.1) is 12.3 Å². The number of rotatable bonds is 7. The molecule has 19 heavy (non-hydrogen) atoms. The fourth-order valence-corrected chi connectivity index (χ4v) is 1.39. The van der Waals surface area contributed by atoms with E-state index in [1.54, 1.807) is 0 Å². The zero-order valence-corrected chi connectivity index (χ0v) is 13.0. The van der Waals surface area contributed by atoms with Crippen molar-refractivity contribution in [1.82, 2.24) is 9.88 Å². The summed E-state index contributed by atoms with van der Waals surface area (Å²) in [6.07, 6.45) is 6.07. The van der Waals surface area contributed by atoms with E-state index in [1.165, 1.54) is 5.56 Å². The highest BCUT2D eigenvalue weighted by Crippen LogP contribution is 2.00. The third kappa shape index (κ3) is 9.40. The van der Waals surface area contributed by atoms with Gasteiger partial charge in [-0.05, 0) is 38.6 Å². The number of aromatic nitrogens is 1. The monoisotopic (exact) mass is 264 g/mol. The average molecular weight is 264 g/mol. The molecule has 0 unspecified atom stereocenters. The normalized spacial score (nSPS) is 10.6. The highest BCUT2D eigenvalue weighted by Gasteiger charge is 1.94. The first kappa shape index (κ1) is 17.8. The molecule has 0 saturated carbocycles. The maximum Gasteiger partial charge on any atom is 0.0627 e. The van der Waals surface area contributed by atoms with Gasteiger partial charge in [0.2, 0.25) is 0 Å². The molecule has 0 spiro atoms. The summed E-state index contributed by atoms with van der Waals surface area (Å²) in [4.78, 5) is 6.54. The molecule has 1 heterocycles. The van der Waals surface area contributed by atoms with Gasteiger partial charge in [0.1, 0.15) is 0 Å². The molecule has 0 aromatic carbocycles. The molecule has 1 aromatic heterocycles. The van der Waals surface area contributed by atoms with Crippen LogP contribution in [0.1, 0.15) is 32.0 Å². The lowest BCUT2D eigenvalue weighted by Gasteiger charge is -2.13. The molecule has 0 atom stereocenters. The van der Waals surface area contributed by atoms with Crippen LogP contribution < -0.4 is 0 Å². The van der Waals surface area contributed by atoms with Gasteiger partial charge in [-0.25, -0.2) is 0 Å². The van der Waals surface area contributed by atoms with Crippen LogP contribution in [-0.2, 0) is 4.74 Å². The molecular weight excluding hydrogens is 236 g/mol. The quantitative estimate of drug-likeness (QED) is 0.706. The van der Waals surface area contributed by atoms with Crippen LogP contribution in [0, 0.1) is 6.92 Å². The molecule has 1 aromatic rings. The number of hydrogen-bond acceptors (Lipinski definition) is 3. The van der Waals surface area contributed by atoms with E-state index in [9.17, 15) is 0 Å². The summed E-state index contributed by atoms with van der Waals surface area (Å²) in [7, 11) is 2.09. The van der Waals surface area contributed by atoms with Gasteiger partial charge in [-0.3, -0.25) is 4.98 Å². The fraction of sp³-hybridized carbons (Fsp3) is 0.562. The fourth-order valence-electron chi connectivity index (χ4n) is 1.39. The first-order valence-electron chi connectivity index (χ1n) is 7.08. The summed E-state index contributed by atoms with van der Waals surface area (Å²) in [5, 5.41) is 0. The van der Waals surface area contributed by atoms with Crippen LogP contribution in [0.2, 0.25) is 0 Å². The Morgan fingerprint density at radius 2 is 2.05 bits per heavy atom. The second-order valence-electron chi connectivity index (χ2n) is 4.12. The van der Waals surface area contributed by atoms with Crippen molar-refractivity contribution in [1.29, 1.82) is 0 Å². The first-order chi connectivity index (χ1) is 9.22. The van der Waals surface area contributed by atoms with E-state index in [1.807, 2.05) is 40.0 Å². The van der Waals surface area contributed by atoms with Crippen LogP contribution >= 0.6 is 0 Å². The van der Waals surface area contributed by atoms with E-state index >= 15 is 0 Å². The lowest BCUT2D eigenvalue weighted by atomic mass is 10.2. The largest absolute Gasteiger partial charge is 0.380 e. The zero-order valence-electron chi connectivity index (χ0n) is 13.0. The van der Waals surface area contributed by atoms with Gasteiger partial charge in [-0.15, -0.1) is 0 Å². The third-order valence-corrected chi connectivity index (χ3v) is 2.46. The maximum absolute atomic E-state index is 5.30. The highest BCUT2D eigenvalue weighted by molar-refractivity contribution is 5.44. The minimum Gasteiger partial charge on any atom is -0.380 e. The van der Waals surface area contributed by atoms with Crippen LogP contribution in [0.3, 0.4) is 0 Å². The molecule has 0 saturated heterocycles. The van der Waals surface area contributed by atoms with Crippen LogP contribution in [0.5, 0.6) is 0 Å². The number of hydrogen-bond donors (Lipinski definition) is 0. The lowest BCUT2D eigenvalue weighted by Crippen LogP contribution is -2.23. The van der Waals surface area contributed by atoms with Crippen LogP contribution in [0.15, 0.2) is 24.4 Å². The van der Waals surface area contributed by atoms with Crippen molar-refractivity contribution in [2.45, 2.75) is 27.7 Å². The SMILES string of the molecule is CC.CCOCCN(C)C/C=C/c1ccc(C)cn1. The molecule has 1 rings (SSSR count). The van der Waals surface area contributed by atoms with Gasteiger partial charge in [0.15, 0.2) is 0 Å². The Balaban J connectivity index is 0.00000154. The standard InChI is InChI=1S/C14H22N2O.C2H6/c1-4-17-11-10-16(3)9-5-6-14-8-7-13(2)12-15-14;1-2/h5-8,12H,4,9-11H2,1-3H3;1-2H3/b6-5+;. The Bertz CT molecular complexity index is 333. The summed E-state index contributed by atoms with van der Waals surface area (Å²) in [5.74, 6) is 0. The minimum absolute atomic E-state index is 0.789. The van der Waals surface area contributed by atoms with E-state index in [4.69, 9.17) is 4.74 Å². The summed E-state index contributed by atoms with van der Waals surface area (Å²) < 4.78 is 5.30. The van der Waals surface area contributed by atoms with Gasteiger partial charge < -0.3 is 9.64 Å². The highest BCUT2D eigenvalue weighted by atomic mass is 16.5. The molecule has 0 aliphatic heterocycles. The van der Waals surface area contributed by atoms with Crippen LogP contribution in [0.25, 0.3) is 6.08 Å². The second-order valence-corrected chi connectivity index (χ2v) is 4.12. The lowest BCUT2D eigenvalue weighted by molar-refractivity contribution is 0.125. The first-order valence-corrected chi connectivity index (χ1v) is 7.08. The van der Waals surface area contributed by atoms with Crippen LogP contribution in [-0.4, -0.2) is 43.2 Å². The Hall–Kier alpha value is -1.19. The number of likely N-dealkylation sites (N-methyl/N-ethyl adjacent to an activating group) is 1. The Morgan fingerprint density at radius 3 is 2.63 bits per heavy atom. The summed E-state index contributed by atoms with van der Waals surface area (Å²) in [5.41, 5.74) is 2.20. The molecule has 3 heteroatoms. The van der Waals surface area contributed by atoms with E-state index in [2.05, 4.69) is 35.1 Å². The third-order valence-electron chi connectivity index (χ3n) is 2.46. The molecule has 0 N–H and O–H groups in total. The molecule has 0 radical (unpaired) electrons. The predicted octanol–water partition coefficient (Wildman–Crippen LogP) is 3.40. The summed E-state index contributed by atoms with van der Waals surface area (Å²) >= 11 is 0. The van der Waals surface area contributed by atoms with E-state index in [0.29, 0.717) is 0 Å². The van der Waals surface area contributed by atoms with Gasteiger partial charge in [-0.1, -0.05) is 26.0 Å². The van der Waals surface area contributed by atoms with Crippen molar-refractivity contribution in [2.75, 3.05) is 33.4 Å². The van der Waals surface area contributed by atoms with Crippen molar-refractivity contribution in [2.24, 2.45) is 0 Å². The Kier molecular flexibility index (Phi) is 11.1. The van der Waals surface area contributed by atoms with Crippen molar-refractivity contribution < 1.29 is 4.74 Å². The predicted molar refractivity (Wildman–Crippen MR) is 83.3 cm³/mol. The molecule has 0 bridgehead atoms. The number of pyridine rings is 1. The number of aryl methyl sites for hydroxylation is 1. The Morgan fingerprint density at radius 1 is 1.32 bits per heavy atom. The van der Waals surface area contributed by atoms with Crippen molar-refractivity contribution in [3.8, 4) is 0 Å². The zero-order chi connectivity index (χ0) is 14.5. The smallest absolute Gasteiger partial charge is 0.0627 e.